The number of thioether (sulfide) groups is 1. The largest absolute Gasteiger partial charge is 0.355 e. The molecule has 0 spiro atoms. The maximum Gasteiger partial charge on any atom is 0.0395 e. The Balaban J connectivity index is 1.60. The van der Waals surface area contributed by atoms with E-state index < -0.39 is 0 Å². The van der Waals surface area contributed by atoms with Crippen LogP contribution in [0.4, 0.5) is 11.4 Å². The van der Waals surface area contributed by atoms with E-state index in [1.165, 1.54) is 42.8 Å². The van der Waals surface area contributed by atoms with E-state index in [-0.39, 0.29) is 0 Å². The molecule has 2 aromatic rings. The topological polar surface area (TPSA) is 15.3 Å². The van der Waals surface area contributed by atoms with Crippen LogP contribution in [0.5, 0.6) is 0 Å². The third-order valence-corrected chi connectivity index (χ3v) is 4.89. The van der Waals surface area contributed by atoms with E-state index in [0.29, 0.717) is 0 Å². The fourth-order valence-electron chi connectivity index (χ4n) is 2.94. The van der Waals surface area contributed by atoms with Crippen molar-refractivity contribution >= 4 is 23.1 Å². The van der Waals surface area contributed by atoms with Crippen molar-refractivity contribution in [3.63, 3.8) is 0 Å². The first-order chi connectivity index (χ1) is 10.8. The van der Waals surface area contributed by atoms with Gasteiger partial charge in [0.05, 0.1) is 0 Å². The summed E-state index contributed by atoms with van der Waals surface area (Å²) in [6, 6.07) is 17.4. The van der Waals surface area contributed by atoms with E-state index >= 15 is 0 Å². The van der Waals surface area contributed by atoms with E-state index in [0.717, 1.165) is 17.9 Å². The summed E-state index contributed by atoms with van der Waals surface area (Å²) in [4.78, 5) is 3.85. The number of hydrogen-bond donors (Lipinski definition) is 1. The van der Waals surface area contributed by atoms with Crippen molar-refractivity contribution < 1.29 is 0 Å². The van der Waals surface area contributed by atoms with Gasteiger partial charge in [0, 0.05) is 22.8 Å². The van der Waals surface area contributed by atoms with Crippen LogP contribution in [-0.2, 0) is 6.54 Å². The molecule has 1 aliphatic heterocycles. The third kappa shape index (κ3) is 4.28. The zero-order valence-corrected chi connectivity index (χ0v) is 14.0. The highest BCUT2D eigenvalue weighted by Gasteiger charge is 2.10. The number of rotatable bonds is 5. The van der Waals surface area contributed by atoms with Gasteiger partial charge >= 0.3 is 0 Å². The molecule has 0 atom stereocenters. The van der Waals surface area contributed by atoms with Crippen LogP contribution < -0.4 is 5.32 Å². The van der Waals surface area contributed by atoms with Crippen LogP contribution >= 0.6 is 11.8 Å². The average Bonchev–Trinajstić information content (AvgIpc) is 2.58. The summed E-state index contributed by atoms with van der Waals surface area (Å²) in [6.45, 7) is 3.59. The molecular formula is C19H24N2S. The molecule has 2 aromatic carbocycles. The van der Waals surface area contributed by atoms with E-state index in [2.05, 4.69) is 65.0 Å². The van der Waals surface area contributed by atoms with Crippen LogP contribution in [0.25, 0.3) is 0 Å². The van der Waals surface area contributed by atoms with Crippen LogP contribution in [-0.4, -0.2) is 24.2 Å². The highest BCUT2D eigenvalue weighted by atomic mass is 32.2. The summed E-state index contributed by atoms with van der Waals surface area (Å²) in [5.74, 6) is 0. The van der Waals surface area contributed by atoms with Crippen LogP contribution in [0.1, 0.15) is 24.8 Å². The summed E-state index contributed by atoms with van der Waals surface area (Å²) in [6.07, 6.45) is 6.21. The SMILES string of the molecule is CSc1cccc(Nc2ccc(CN3CCCCC3)cc2)c1. The highest BCUT2D eigenvalue weighted by Crippen LogP contribution is 2.23. The zero-order valence-electron chi connectivity index (χ0n) is 13.2. The second-order valence-electron chi connectivity index (χ2n) is 5.89. The summed E-state index contributed by atoms with van der Waals surface area (Å²) < 4.78 is 0. The maximum atomic E-state index is 3.48. The molecule has 0 radical (unpaired) electrons. The van der Waals surface area contributed by atoms with Crippen molar-refractivity contribution in [2.24, 2.45) is 0 Å². The number of hydrogen-bond acceptors (Lipinski definition) is 3. The van der Waals surface area contributed by atoms with Gasteiger partial charge in [-0.2, -0.15) is 0 Å². The number of likely N-dealkylation sites (tertiary alicyclic amines) is 1. The lowest BCUT2D eigenvalue weighted by Gasteiger charge is -2.26. The minimum absolute atomic E-state index is 1.09. The summed E-state index contributed by atoms with van der Waals surface area (Å²) in [7, 11) is 0. The van der Waals surface area contributed by atoms with Gasteiger partial charge in [0.1, 0.15) is 0 Å². The fraction of sp³-hybridized carbons (Fsp3) is 0.368. The fourth-order valence-corrected chi connectivity index (χ4v) is 3.40. The molecule has 1 N–H and O–H groups in total. The van der Waals surface area contributed by atoms with Gasteiger partial charge < -0.3 is 5.32 Å². The van der Waals surface area contributed by atoms with E-state index in [1.54, 1.807) is 11.8 Å². The van der Waals surface area contributed by atoms with Gasteiger partial charge in [-0.25, -0.2) is 0 Å². The Morgan fingerprint density at radius 2 is 1.73 bits per heavy atom. The Morgan fingerprint density at radius 3 is 2.45 bits per heavy atom. The van der Waals surface area contributed by atoms with Crippen LogP contribution in [0, 0.1) is 0 Å². The van der Waals surface area contributed by atoms with Crippen molar-refractivity contribution in [1.29, 1.82) is 0 Å². The van der Waals surface area contributed by atoms with Gasteiger partial charge in [0.15, 0.2) is 0 Å². The molecular weight excluding hydrogens is 288 g/mol. The molecule has 3 heteroatoms. The first-order valence-corrected chi connectivity index (χ1v) is 9.28. The standard InChI is InChI=1S/C19H24N2S/c1-22-19-7-5-6-18(14-19)20-17-10-8-16(9-11-17)15-21-12-3-2-4-13-21/h5-11,14,20H,2-4,12-13,15H2,1H3. The minimum atomic E-state index is 1.09. The van der Waals surface area contributed by atoms with Crippen molar-refractivity contribution in [3.8, 4) is 0 Å². The molecule has 1 aliphatic rings. The number of benzene rings is 2. The molecule has 0 unspecified atom stereocenters. The molecule has 0 aromatic heterocycles. The second kappa shape index (κ2) is 7.70. The Bertz CT molecular complexity index is 589. The van der Waals surface area contributed by atoms with Crippen molar-refractivity contribution in [2.45, 2.75) is 30.7 Å². The molecule has 1 fully saturated rings. The first-order valence-electron chi connectivity index (χ1n) is 8.06. The van der Waals surface area contributed by atoms with Crippen LogP contribution in [0.15, 0.2) is 53.4 Å². The Hall–Kier alpha value is -1.45. The molecule has 3 rings (SSSR count). The molecule has 0 amide bonds. The van der Waals surface area contributed by atoms with E-state index in [4.69, 9.17) is 0 Å². The highest BCUT2D eigenvalue weighted by molar-refractivity contribution is 7.98. The third-order valence-electron chi connectivity index (χ3n) is 4.17. The minimum Gasteiger partial charge on any atom is -0.355 e. The Morgan fingerprint density at radius 1 is 0.955 bits per heavy atom. The molecule has 116 valence electrons. The predicted octanol–water partition coefficient (Wildman–Crippen LogP) is 5.14. The first kappa shape index (κ1) is 15.4. The van der Waals surface area contributed by atoms with Gasteiger partial charge in [-0.05, 0) is 68.1 Å². The lowest BCUT2D eigenvalue weighted by molar-refractivity contribution is 0.221. The molecule has 2 nitrogen and oxygen atoms in total. The Labute approximate surface area is 137 Å². The van der Waals surface area contributed by atoms with Crippen LogP contribution in [0.3, 0.4) is 0 Å². The molecule has 22 heavy (non-hydrogen) atoms. The average molecular weight is 312 g/mol. The smallest absolute Gasteiger partial charge is 0.0395 e. The van der Waals surface area contributed by atoms with Crippen molar-refractivity contribution in [1.82, 2.24) is 4.90 Å². The summed E-state index contributed by atoms with van der Waals surface area (Å²) >= 11 is 1.77. The predicted molar refractivity (Wildman–Crippen MR) is 97.1 cm³/mol. The number of nitrogens with one attached hydrogen (secondary N) is 1. The lowest BCUT2D eigenvalue weighted by Crippen LogP contribution is -2.29. The van der Waals surface area contributed by atoms with Crippen molar-refractivity contribution in [3.05, 3.63) is 54.1 Å². The molecule has 1 heterocycles. The number of nitrogens with zero attached hydrogens (tertiary/aromatic N) is 1. The van der Waals surface area contributed by atoms with Gasteiger partial charge in [-0.3, -0.25) is 4.90 Å². The number of piperidine rings is 1. The van der Waals surface area contributed by atoms with Gasteiger partial charge in [-0.1, -0.05) is 24.6 Å². The van der Waals surface area contributed by atoms with Gasteiger partial charge in [-0.15, -0.1) is 11.8 Å². The molecule has 1 saturated heterocycles. The summed E-state index contributed by atoms with van der Waals surface area (Å²) in [5, 5.41) is 3.48. The number of anilines is 2. The Kier molecular flexibility index (Phi) is 5.41. The molecule has 0 aliphatic carbocycles. The van der Waals surface area contributed by atoms with Crippen LogP contribution in [0.2, 0.25) is 0 Å². The summed E-state index contributed by atoms with van der Waals surface area (Å²) in [5.41, 5.74) is 3.71. The lowest BCUT2D eigenvalue weighted by atomic mass is 10.1. The monoisotopic (exact) mass is 312 g/mol. The maximum absolute atomic E-state index is 3.48. The van der Waals surface area contributed by atoms with Crippen molar-refractivity contribution in [2.75, 3.05) is 24.7 Å². The molecule has 0 saturated carbocycles. The van der Waals surface area contributed by atoms with Gasteiger partial charge in [0.2, 0.25) is 0 Å². The van der Waals surface area contributed by atoms with Gasteiger partial charge in [0.25, 0.3) is 0 Å². The van der Waals surface area contributed by atoms with E-state index in [1.807, 2.05) is 0 Å². The quantitative estimate of drug-likeness (QED) is 0.770. The molecule has 0 bridgehead atoms. The second-order valence-corrected chi connectivity index (χ2v) is 6.77. The zero-order chi connectivity index (χ0) is 15.2. The normalized spacial score (nSPS) is 15.7. The van der Waals surface area contributed by atoms with E-state index in [9.17, 15) is 0 Å².